The standard InChI is InChI=1S/C18H25N3O3/c22-17(23)13-21-10-5-4-8-16(18(21)24)20-11-9-15(12-20)19-14-6-2-1-3-7-14/h1-3,6-7,15-16,19H,4-5,8-13H2,(H,22,23). The summed E-state index contributed by atoms with van der Waals surface area (Å²) in [4.78, 5) is 27.5. The Bertz CT molecular complexity index is 578. The molecule has 3 rings (SSSR count). The molecule has 0 bridgehead atoms. The van der Waals surface area contributed by atoms with E-state index >= 15 is 0 Å². The predicted molar refractivity (Wildman–Crippen MR) is 91.9 cm³/mol. The lowest BCUT2D eigenvalue weighted by Crippen LogP contribution is -2.48. The first kappa shape index (κ1) is 16.8. The van der Waals surface area contributed by atoms with Gasteiger partial charge in [-0.2, -0.15) is 0 Å². The summed E-state index contributed by atoms with van der Waals surface area (Å²) in [7, 11) is 0. The van der Waals surface area contributed by atoms with Gasteiger partial charge in [-0.1, -0.05) is 18.2 Å². The van der Waals surface area contributed by atoms with E-state index in [0.29, 0.717) is 12.6 Å². The summed E-state index contributed by atoms with van der Waals surface area (Å²) in [5, 5.41) is 12.5. The molecule has 2 atom stereocenters. The van der Waals surface area contributed by atoms with Gasteiger partial charge < -0.3 is 15.3 Å². The van der Waals surface area contributed by atoms with Crippen molar-refractivity contribution < 1.29 is 14.7 Å². The maximum Gasteiger partial charge on any atom is 0.323 e. The van der Waals surface area contributed by atoms with E-state index < -0.39 is 5.97 Å². The highest BCUT2D eigenvalue weighted by Crippen LogP contribution is 2.23. The van der Waals surface area contributed by atoms with Crippen LogP contribution in [0, 0.1) is 0 Å². The van der Waals surface area contributed by atoms with Gasteiger partial charge in [0.2, 0.25) is 5.91 Å². The fourth-order valence-electron chi connectivity index (χ4n) is 3.70. The van der Waals surface area contributed by atoms with E-state index in [1.807, 2.05) is 30.3 Å². The predicted octanol–water partition coefficient (Wildman–Crippen LogP) is 1.64. The van der Waals surface area contributed by atoms with Gasteiger partial charge in [-0.05, 0) is 37.8 Å². The zero-order valence-electron chi connectivity index (χ0n) is 13.9. The molecule has 2 unspecified atom stereocenters. The van der Waals surface area contributed by atoms with Crippen molar-refractivity contribution >= 4 is 17.6 Å². The number of likely N-dealkylation sites (tertiary alicyclic amines) is 2. The number of carboxylic acid groups (broad SMARTS) is 1. The van der Waals surface area contributed by atoms with E-state index in [4.69, 9.17) is 5.11 Å². The Labute approximate surface area is 142 Å². The van der Waals surface area contributed by atoms with E-state index in [1.54, 1.807) is 0 Å². The van der Waals surface area contributed by atoms with Crippen molar-refractivity contribution in [2.45, 2.75) is 37.8 Å². The van der Waals surface area contributed by atoms with E-state index in [-0.39, 0.29) is 18.5 Å². The van der Waals surface area contributed by atoms with Crippen LogP contribution < -0.4 is 5.32 Å². The molecular weight excluding hydrogens is 306 g/mol. The smallest absolute Gasteiger partial charge is 0.323 e. The number of benzene rings is 1. The van der Waals surface area contributed by atoms with Gasteiger partial charge in [0.05, 0.1) is 6.04 Å². The molecule has 1 amide bonds. The molecule has 2 fully saturated rings. The van der Waals surface area contributed by atoms with Crippen LogP contribution in [0.5, 0.6) is 0 Å². The molecule has 6 heteroatoms. The molecule has 0 aromatic heterocycles. The number of nitrogens with one attached hydrogen (secondary N) is 1. The number of hydrogen-bond acceptors (Lipinski definition) is 4. The third-order valence-electron chi connectivity index (χ3n) is 4.88. The number of carbonyl (C=O) groups is 2. The fourth-order valence-corrected chi connectivity index (χ4v) is 3.70. The third-order valence-corrected chi connectivity index (χ3v) is 4.88. The summed E-state index contributed by atoms with van der Waals surface area (Å²) in [5.41, 5.74) is 1.10. The number of hydrogen-bond donors (Lipinski definition) is 2. The van der Waals surface area contributed by atoms with Gasteiger partial charge in [-0.15, -0.1) is 0 Å². The van der Waals surface area contributed by atoms with Crippen molar-refractivity contribution in [3.05, 3.63) is 30.3 Å². The number of para-hydroxylation sites is 1. The number of carboxylic acids is 1. The summed E-state index contributed by atoms with van der Waals surface area (Å²) in [6.07, 6.45) is 3.68. The highest BCUT2D eigenvalue weighted by atomic mass is 16.4. The SMILES string of the molecule is O=C(O)CN1CCCCC(N2CCC(Nc3ccccc3)C2)C1=O. The van der Waals surface area contributed by atoms with E-state index in [9.17, 15) is 9.59 Å². The molecule has 2 aliphatic heterocycles. The highest BCUT2D eigenvalue weighted by Gasteiger charge is 2.36. The van der Waals surface area contributed by atoms with Crippen LogP contribution in [-0.2, 0) is 9.59 Å². The van der Waals surface area contributed by atoms with Crippen molar-refractivity contribution in [2.24, 2.45) is 0 Å². The Hall–Kier alpha value is -2.08. The Morgan fingerprint density at radius 3 is 2.71 bits per heavy atom. The molecule has 1 aromatic carbocycles. The lowest BCUT2D eigenvalue weighted by atomic mass is 10.1. The van der Waals surface area contributed by atoms with Crippen molar-refractivity contribution in [2.75, 3.05) is 31.5 Å². The molecule has 130 valence electrons. The first-order chi connectivity index (χ1) is 11.6. The second-order valence-electron chi connectivity index (χ2n) is 6.66. The minimum atomic E-state index is -0.936. The van der Waals surface area contributed by atoms with Gasteiger partial charge in [-0.3, -0.25) is 14.5 Å². The van der Waals surface area contributed by atoms with Crippen molar-refractivity contribution in [1.29, 1.82) is 0 Å². The first-order valence-electron chi connectivity index (χ1n) is 8.69. The zero-order chi connectivity index (χ0) is 16.9. The van der Waals surface area contributed by atoms with Crippen LogP contribution in [0.15, 0.2) is 30.3 Å². The Morgan fingerprint density at radius 2 is 1.96 bits per heavy atom. The molecule has 0 saturated carbocycles. The van der Waals surface area contributed by atoms with E-state index in [2.05, 4.69) is 10.2 Å². The Balaban J connectivity index is 1.61. The fraction of sp³-hybridized carbons (Fsp3) is 0.556. The summed E-state index contributed by atoms with van der Waals surface area (Å²) in [6.45, 7) is 2.07. The van der Waals surface area contributed by atoms with E-state index in [0.717, 1.165) is 44.5 Å². The zero-order valence-corrected chi connectivity index (χ0v) is 13.9. The normalized spacial score (nSPS) is 25.5. The number of carbonyl (C=O) groups excluding carboxylic acids is 1. The lowest BCUT2D eigenvalue weighted by molar-refractivity contribution is -0.146. The topological polar surface area (TPSA) is 72.9 Å². The summed E-state index contributed by atoms with van der Waals surface area (Å²) in [6, 6.07) is 10.3. The van der Waals surface area contributed by atoms with Crippen molar-refractivity contribution in [3.8, 4) is 0 Å². The molecule has 0 aliphatic carbocycles. The lowest BCUT2D eigenvalue weighted by Gasteiger charge is -2.29. The van der Waals surface area contributed by atoms with Crippen LogP contribution in [0.2, 0.25) is 0 Å². The highest BCUT2D eigenvalue weighted by molar-refractivity contribution is 5.85. The van der Waals surface area contributed by atoms with Gasteiger partial charge in [0, 0.05) is 31.4 Å². The number of anilines is 1. The van der Waals surface area contributed by atoms with Gasteiger partial charge in [-0.25, -0.2) is 0 Å². The largest absolute Gasteiger partial charge is 0.480 e. The van der Waals surface area contributed by atoms with Crippen molar-refractivity contribution in [1.82, 2.24) is 9.80 Å². The molecule has 6 nitrogen and oxygen atoms in total. The molecule has 0 radical (unpaired) electrons. The average molecular weight is 331 g/mol. The molecule has 0 spiro atoms. The van der Waals surface area contributed by atoms with Crippen LogP contribution >= 0.6 is 0 Å². The van der Waals surface area contributed by atoms with E-state index in [1.165, 1.54) is 4.90 Å². The third kappa shape index (κ3) is 4.06. The maximum atomic E-state index is 12.7. The monoisotopic (exact) mass is 331 g/mol. The minimum absolute atomic E-state index is 0.0183. The minimum Gasteiger partial charge on any atom is -0.480 e. The molecule has 1 aromatic rings. The van der Waals surface area contributed by atoms with Crippen LogP contribution in [0.1, 0.15) is 25.7 Å². The number of amides is 1. The molecule has 2 aliphatic rings. The van der Waals surface area contributed by atoms with Gasteiger partial charge in [0.25, 0.3) is 0 Å². The number of nitrogens with zero attached hydrogens (tertiary/aromatic N) is 2. The molecule has 24 heavy (non-hydrogen) atoms. The van der Waals surface area contributed by atoms with Crippen molar-refractivity contribution in [3.63, 3.8) is 0 Å². The maximum absolute atomic E-state index is 12.7. The summed E-state index contributed by atoms with van der Waals surface area (Å²) in [5.74, 6) is -0.954. The number of rotatable bonds is 5. The summed E-state index contributed by atoms with van der Waals surface area (Å²) < 4.78 is 0. The van der Waals surface area contributed by atoms with Gasteiger partial charge >= 0.3 is 5.97 Å². The van der Waals surface area contributed by atoms with Crippen LogP contribution in [0.4, 0.5) is 5.69 Å². The second-order valence-corrected chi connectivity index (χ2v) is 6.66. The molecule has 2 heterocycles. The van der Waals surface area contributed by atoms with Gasteiger partial charge in [0.15, 0.2) is 0 Å². The Morgan fingerprint density at radius 1 is 1.17 bits per heavy atom. The first-order valence-corrected chi connectivity index (χ1v) is 8.69. The molecular formula is C18H25N3O3. The number of aliphatic carboxylic acids is 1. The second kappa shape index (κ2) is 7.66. The van der Waals surface area contributed by atoms with Gasteiger partial charge in [0.1, 0.15) is 6.54 Å². The van der Waals surface area contributed by atoms with Crippen LogP contribution in [0.25, 0.3) is 0 Å². The summed E-state index contributed by atoms with van der Waals surface area (Å²) >= 11 is 0. The van der Waals surface area contributed by atoms with Crippen LogP contribution in [0.3, 0.4) is 0 Å². The average Bonchev–Trinajstić information content (AvgIpc) is 2.94. The molecule has 2 N–H and O–H groups in total. The Kier molecular flexibility index (Phi) is 5.35. The quantitative estimate of drug-likeness (QED) is 0.858. The molecule has 2 saturated heterocycles. The van der Waals surface area contributed by atoms with Crippen LogP contribution in [-0.4, -0.2) is 65.0 Å².